The van der Waals surface area contributed by atoms with Gasteiger partial charge in [0.1, 0.15) is 0 Å². The molecule has 1 saturated heterocycles. The minimum Gasteiger partial charge on any atom is -0.319 e. The van der Waals surface area contributed by atoms with Gasteiger partial charge in [-0.15, -0.1) is 0 Å². The lowest BCUT2D eigenvalue weighted by molar-refractivity contribution is 0.165. The molecule has 0 spiro atoms. The minimum absolute atomic E-state index is 0.591. The molecular weight excluding hydrogens is 244 g/mol. The van der Waals surface area contributed by atoms with Gasteiger partial charge in [-0.25, -0.2) is 0 Å². The predicted octanol–water partition coefficient (Wildman–Crippen LogP) is 3.63. The lowest BCUT2D eigenvalue weighted by atomic mass is 9.95. The van der Waals surface area contributed by atoms with Crippen LogP contribution in [-0.2, 0) is 6.54 Å². The first-order valence-corrected chi connectivity index (χ1v) is 8.18. The van der Waals surface area contributed by atoms with E-state index in [1.165, 1.54) is 43.5 Å². The summed E-state index contributed by atoms with van der Waals surface area (Å²) in [5.74, 6) is 1.51. The number of hydrogen-bond acceptors (Lipinski definition) is 2. The maximum Gasteiger partial charge on any atom is 0.0233 e. The van der Waals surface area contributed by atoms with Crippen LogP contribution < -0.4 is 5.32 Å². The topological polar surface area (TPSA) is 15.3 Å². The molecule has 2 rings (SSSR count). The molecule has 1 aromatic rings. The zero-order chi connectivity index (χ0) is 14.4. The van der Waals surface area contributed by atoms with Crippen LogP contribution in [0.3, 0.4) is 0 Å². The van der Waals surface area contributed by atoms with E-state index < -0.39 is 0 Å². The van der Waals surface area contributed by atoms with E-state index in [1.807, 2.05) is 7.05 Å². The van der Waals surface area contributed by atoms with Crippen LogP contribution in [0.5, 0.6) is 0 Å². The van der Waals surface area contributed by atoms with Gasteiger partial charge in [0.2, 0.25) is 0 Å². The highest BCUT2D eigenvalue weighted by Crippen LogP contribution is 2.21. The maximum absolute atomic E-state index is 3.25. The molecule has 2 unspecified atom stereocenters. The zero-order valence-corrected chi connectivity index (χ0v) is 13.4. The molecule has 1 aliphatic rings. The standard InChI is InChI=1S/C18H30N2/c1-4-16-6-5-11-20(13-16)14-17-7-9-18(10-8-17)15(2)12-19-3/h7-10,15-16,19H,4-6,11-14H2,1-3H3. The van der Waals surface area contributed by atoms with Crippen molar-refractivity contribution in [1.29, 1.82) is 0 Å². The second-order valence-electron chi connectivity index (χ2n) is 6.35. The summed E-state index contributed by atoms with van der Waals surface area (Å²) >= 11 is 0. The maximum atomic E-state index is 3.25. The van der Waals surface area contributed by atoms with E-state index in [4.69, 9.17) is 0 Å². The highest BCUT2D eigenvalue weighted by Gasteiger charge is 2.18. The van der Waals surface area contributed by atoms with Crippen LogP contribution in [0, 0.1) is 5.92 Å². The molecule has 0 radical (unpaired) electrons. The molecular formula is C18H30N2. The summed E-state index contributed by atoms with van der Waals surface area (Å²) in [7, 11) is 2.02. The Balaban J connectivity index is 1.90. The fourth-order valence-corrected chi connectivity index (χ4v) is 3.26. The Morgan fingerprint density at radius 3 is 2.70 bits per heavy atom. The Hall–Kier alpha value is -0.860. The number of hydrogen-bond donors (Lipinski definition) is 1. The van der Waals surface area contributed by atoms with Crippen molar-refractivity contribution in [2.24, 2.45) is 5.92 Å². The molecule has 2 nitrogen and oxygen atoms in total. The van der Waals surface area contributed by atoms with E-state index in [9.17, 15) is 0 Å². The molecule has 2 heteroatoms. The Labute approximate surface area is 124 Å². The molecule has 1 aliphatic heterocycles. The van der Waals surface area contributed by atoms with Gasteiger partial charge in [0.25, 0.3) is 0 Å². The third-order valence-electron chi connectivity index (χ3n) is 4.65. The first-order chi connectivity index (χ1) is 9.72. The monoisotopic (exact) mass is 274 g/mol. The summed E-state index contributed by atoms with van der Waals surface area (Å²) in [6.07, 6.45) is 4.13. The van der Waals surface area contributed by atoms with Gasteiger partial charge in [-0.1, -0.05) is 44.5 Å². The van der Waals surface area contributed by atoms with E-state index in [2.05, 4.69) is 48.3 Å². The fourth-order valence-electron chi connectivity index (χ4n) is 3.26. The average molecular weight is 274 g/mol. The van der Waals surface area contributed by atoms with Crippen LogP contribution in [-0.4, -0.2) is 31.6 Å². The summed E-state index contributed by atoms with van der Waals surface area (Å²) in [5, 5.41) is 3.25. The largest absolute Gasteiger partial charge is 0.319 e. The Bertz CT molecular complexity index is 385. The molecule has 0 bridgehead atoms. The highest BCUT2D eigenvalue weighted by atomic mass is 15.1. The van der Waals surface area contributed by atoms with E-state index in [1.54, 1.807) is 0 Å². The van der Waals surface area contributed by atoms with Gasteiger partial charge in [-0.05, 0) is 49.4 Å². The fraction of sp³-hybridized carbons (Fsp3) is 0.667. The smallest absolute Gasteiger partial charge is 0.0233 e. The van der Waals surface area contributed by atoms with Crippen molar-refractivity contribution in [3.05, 3.63) is 35.4 Å². The number of likely N-dealkylation sites (tertiary alicyclic amines) is 1. The Kier molecular flexibility index (Phi) is 6.06. The number of nitrogens with zero attached hydrogens (tertiary/aromatic N) is 1. The normalized spacial score (nSPS) is 21.9. The van der Waals surface area contributed by atoms with Crippen LogP contribution in [0.2, 0.25) is 0 Å². The number of piperidine rings is 1. The molecule has 0 amide bonds. The Morgan fingerprint density at radius 2 is 2.05 bits per heavy atom. The minimum atomic E-state index is 0.591. The van der Waals surface area contributed by atoms with E-state index in [0.29, 0.717) is 5.92 Å². The van der Waals surface area contributed by atoms with Crippen LogP contribution in [0.4, 0.5) is 0 Å². The van der Waals surface area contributed by atoms with Crippen molar-refractivity contribution in [1.82, 2.24) is 10.2 Å². The quantitative estimate of drug-likeness (QED) is 0.852. The van der Waals surface area contributed by atoms with Crippen molar-refractivity contribution < 1.29 is 0 Å². The van der Waals surface area contributed by atoms with Crippen LogP contribution in [0.1, 0.15) is 50.2 Å². The summed E-state index contributed by atoms with van der Waals surface area (Å²) in [6.45, 7) is 9.33. The molecule has 0 aliphatic carbocycles. The van der Waals surface area contributed by atoms with Crippen LogP contribution in [0.25, 0.3) is 0 Å². The predicted molar refractivity (Wildman–Crippen MR) is 87.1 cm³/mol. The molecule has 0 saturated carbocycles. The number of nitrogens with one attached hydrogen (secondary N) is 1. The molecule has 112 valence electrons. The third kappa shape index (κ3) is 4.32. The summed E-state index contributed by atoms with van der Waals surface area (Å²) in [4.78, 5) is 2.63. The second-order valence-corrected chi connectivity index (χ2v) is 6.35. The van der Waals surface area contributed by atoms with Crippen LogP contribution >= 0.6 is 0 Å². The van der Waals surface area contributed by atoms with Gasteiger partial charge >= 0.3 is 0 Å². The SMILES string of the molecule is CCC1CCCN(Cc2ccc(C(C)CNC)cc2)C1. The van der Waals surface area contributed by atoms with Gasteiger partial charge < -0.3 is 5.32 Å². The molecule has 1 heterocycles. The van der Waals surface area contributed by atoms with Crippen molar-refractivity contribution >= 4 is 0 Å². The lowest BCUT2D eigenvalue weighted by Gasteiger charge is -2.32. The summed E-state index contributed by atoms with van der Waals surface area (Å²) in [5.41, 5.74) is 2.90. The van der Waals surface area contributed by atoms with Gasteiger partial charge in [0.15, 0.2) is 0 Å². The van der Waals surface area contributed by atoms with Gasteiger partial charge in [0, 0.05) is 19.6 Å². The molecule has 20 heavy (non-hydrogen) atoms. The van der Waals surface area contributed by atoms with Crippen molar-refractivity contribution in [2.75, 3.05) is 26.7 Å². The molecule has 0 aromatic heterocycles. The molecule has 2 atom stereocenters. The molecule has 1 fully saturated rings. The zero-order valence-electron chi connectivity index (χ0n) is 13.4. The van der Waals surface area contributed by atoms with E-state index in [0.717, 1.165) is 19.0 Å². The van der Waals surface area contributed by atoms with Gasteiger partial charge in [-0.2, -0.15) is 0 Å². The molecule has 1 aromatic carbocycles. The first kappa shape index (κ1) is 15.5. The third-order valence-corrected chi connectivity index (χ3v) is 4.65. The highest BCUT2D eigenvalue weighted by molar-refractivity contribution is 5.25. The van der Waals surface area contributed by atoms with Gasteiger partial charge in [0.05, 0.1) is 0 Å². The lowest BCUT2D eigenvalue weighted by Crippen LogP contribution is -2.34. The number of rotatable bonds is 6. The number of benzene rings is 1. The summed E-state index contributed by atoms with van der Waals surface area (Å²) < 4.78 is 0. The number of likely N-dealkylation sites (N-methyl/N-ethyl adjacent to an activating group) is 1. The first-order valence-electron chi connectivity index (χ1n) is 8.18. The Morgan fingerprint density at radius 1 is 1.30 bits per heavy atom. The van der Waals surface area contributed by atoms with Crippen molar-refractivity contribution in [3.8, 4) is 0 Å². The van der Waals surface area contributed by atoms with E-state index >= 15 is 0 Å². The van der Waals surface area contributed by atoms with Crippen molar-refractivity contribution in [3.63, 3.8) is 0 Å². The molecule has 1 N–H and O–H groups in total. The van der Waals surface area contributed by atoms with E-state index in [-0.39, 0.29) is 0 Å². The van der Waals surface area contributed by atoms with Crippen molar-refractivity contribution in [2.45, 2.75) is 45.6 Å². The summed E-state index contributed by atoms with van der Waals surface area (Å²) in [6, 6.07) is 9.24. The van der Waals surface area contributed by atoms with Gasteiger partial charge in [-0.3, -0.25) is 4.90 Å². The second kappa shape index (κ2) is 7.80. The van der Waals surface area contributed by atoms with Crippen LogP contribution in [0.15, 0.2) is 24.3 Å². The average Bonchev–Trinajstić information content (AvgIpc) is 2.48.